The summed E-state index contributed by atoms with van der Waals surface area (Å²) in [6, 6.07) is 10.8. The number of thiophene rings is 1. The topological polar surface area (TPSA) is 64.0 Å². The lowest BCUT2D eigenvalue weighted by molar-refractivity contribution is 0.603. The second-order valence-electron chi connectivity index (χ2n) is 5.47. The van der Waals surface area contributed by atoms with Crippen molar-refractivity contribution in [3.63, 3.8) is 0 Å². The van der Waals surface area contributed by atoms with Crippen LogP contribution in [0.25, 0.3) is 11.3 Å². The van der Waals surface area contributed by atoms with E-state index in [1.54, 1.807) is 23.9 Å². The second-order valence-corrected chi connectivity index (χ2v) is 9.73. The van der Waals surface area contributed by atoms with Crippen LogP contribution in [-0.4, -0.2) is 23.7 Å². The molecule has 0 radical (unpaired) electrons. The fraction of sp³-hybridized carbons (Fsp3) is 0.188. The van der Waals surface area contributed by atoms with Crippen LogP contribution in [0.1, 0.15) is 4.88 Å². The van der Waals surface area contributed by atoms with Crippen molar-refractivity contribution in [3.05, 3.63) is 47.5 Å². The number of rotatable bonds is 4. The molecule has 0 bridgehead atoms. The number of hydrogen-bond acceptors (Lipinski definition) is 5. The fourth-order valence-electron chi connectivity index (χ4n) is 2.59. The van der Waals surface area contributed by atoms with Crippen molar-refractivity contribution < 1.29 is 8.42 Å². The monoisotopic (exact) mass is 377 g/mol. The minimum Gasteiger partial charge on any atom is -0.325 e. The Balaban J connectivity index is 1.71. The molecule has 0 atom stereocenters. The van der Waals surface area contributed by atoms with Crippen molar-refractivity contribution in [3.8, 4) is 11.3 Å². The first kappa shape index (κ1) is 15.7. The number of hydrogen-bond donors (Lipinski definition) is 1. The number of thioether (sulfide) groups is 1. The van der Waals surface area contributed by atoms with E-state index in [9.17, 15) is 8.42 Å². The van der Waals surface area contributed by atoms with E-state index in [0.717, 1.165) is 33.6 Å². The normalized spacial score (nSPS) is 13.9. The van der Waals surface area contributed by atoms with Gasteiger partial charge < -0.3 is 4.57 Å². The Morgan fingerprint density at radius 3 is 2.79 bits per heavy atom. The van der Waals surface area contributed by atoms with Gasteiger partial charge in [-0.25, -0.2) is 13.4 Å². The molecule has 8 heteroatoms. The maximum Gasteiger partial charge on any atom is 0.271 e. The van der Waals surface area contributed by atoms with E-state index in [4.69, 9.17) is 0 Å². The summed E-state index contributed by atoms with van der Waals surface area (Å²) in [4.78, 5) is 5.59. The zero-order valence-electron chi connectivity index (χ0n) is 12.9. The molecule has 5 nitrogen and oxygen atoms in total. The number of nitrogens with zero attached hydrogens (tertiary/aromatic N) is 2. The predicted octanol–water partition coefficient (Wildman–Crippen LogP) is 3.83. The zero-order chi connectivity index (χ0) is 16.7. The van der Waals surface area contributed by atoms with Crippen LogP contribution in [0.5, 0.6) is 0 Å². The summed E-state index contributed by atoms with van der Waals surface area (Å²) >= 11 is 2.98. The summed E-state index contributed by atoms with van der Waals surface area (Å²) in [5.41, 5.74) is 2.13. The molecule has 4 rings (SSSR count). The van der Waals surface area contributed by atoms with E-state index in [1.807, 2.05) is 37.4 Å². The first-order valence-corrected chi connectivity index (χ1v) is 10.7. The predicted molar refractivity (Wildman–Crippen MR) is 98.3 cm³/mol. The molecule has 1 aromatic carbocycles. The van der Waals surface area contributed by atoms with Crippen molar-refractivity contribution in [2.75, 3.05) is 10.5 Å². The van der Waals surface area contributed by atoms with Gasteiger partial charge in [-0.2, -0.15) is 0 Å². The van der Waals surface area contributed by atoms with Crippen LogP contribution >= 0.6 is 23.1 Å². The number of para-hydroxylation sites is 1. The van der Waals surface area contributed by atoms with Crippen molar-refractivity contribution in [2.24, 2.45) is 0 Å². The highest BCUT2D eigenvalue weighted by Crippen LogP contribution is 2.33. The molecule has 0 saturated heterocycles. The molecular formula is C16H15N3O2S3. The van der Waals surface area contributed by atoms with Gasteiger partial charge in [0.25, 0.3) is 10.0 Å². The van der Waals surface area contributed by atoms with Gasteiger partial charge in [0.15, 0.2) is 5.16 Å². The molecule has 2 aromatic heterocycles. The van der Waals surface area contributed by atoms with Gasteiger partial charge in [-0.3, -0.25) is 4.72 Å². The number of imidazole rings is 1. The molecule has 0 unspecified atom stereocenters. The molecule has 1 aliphatic rings. The molecule has 124 valence electrons. The maximum atomic E-state index is 12.6. The SMILES string of the molecule is Cc1ccc(S(=O)(=O)Nc2ccccc2-c2cn3c(n2)SCC3)s1. The molecule has 24 heavy (non-hydrogen) atoms. The molecule has 0 fully saturated rings. The molecule has 0 saturated carbocycles. The summed E-state index contributed by atoms with van der Waals surface area (Å²) in [6.45, 7) is 2.83. The molecule has 0 spiro atoms. The van der Waals surface area contributed by atoms with Gasteiger partial charge in [0.2, 0.25) is 0 Å². The van der Waals surface area contributed by atoms with Gasteiger partial charge >= 0.3 is 0 Å². The van der Waals surface area contributed by atoms with E-state index >= 15 is 0 Å². The quantitative estimate of drug-likeness (QED) is 0.751. The summed E-state index contributed by atoms with van der Waals surface area (Å²) in [5.74, 6) is 1.04. The van der Waals surface area contributed by atoms with Crippen molar-refractivity contribution in [2.45, 2.75) is 22.8 Å². The van der Waals surface area contributed by atoms with Crippen LogP contribution in [0.15, 0.2) is 52.0 Å². The number of benzene rings is 1. The third-order valence-electron chi connectivity index (χ3n) is 3.73. The van der Waals surface area contributed by atoms with Crippen molar-refractivity contribution in [1.29, 1.82) is 0 Å². The Morgan fingerprint density at radius 2 is 2.04 bits per heavy atom. The average Bonchev–Trinajstić information content (AvgIpc) is 3.22. The van der Waals surface area contributed by atoms with E-state index in [0.29, 0.717) is 9.90 Å². The lowest BCUT2D eigenvalue weighted by Gasteiger charge is -2.10. The number of nitrogens with one attached hydrogen (secondary N) is 1. The van der Waals surface area contributed by atoms with Crippen LogP contribution in [0.3, 0.4) is 0 Å². The molecular weight excluding hydrogens is 362 g/mol. The maximum absolute atomic E-state index is 12.6. The Hall–Kier alpha value is -1.77. The van der Waals surface area contributed by atoms with Gasteiger partial charge in [-0.1, -0.05) is 30.0 Å². The van der Waals surface area contributed by atoms with Gasteiger partial charge in [-0.05, 0) is 25.1 Å². The third kappa shape index (κ3) is 2.85. The molecule has 3 aromatic rings. The van der Waals surface area contributed by atoms with Crippen molar-refractivity contribution in [1.82, 2.24) is 9.55 Å². The van der Waals surface area contributed by atoms with Gasteiger partial charge in [-0.15, -0.1) is 11.3 Å². The van der Waals surface area contributed by atoms with E-state index in [2.05, 4.69) is 14.3 Å². The summed E-state index contributed by atoms with van der Waals surface area (Å²) in [6.07, 6.45) is 1.98. The van der Waals surface area contributed by atoms with Gasteiger partial charge in [0.1, 0.15) is 4.21 Å². The average molecular weight is 378 g/mol. The van der Waals surface area contributed by atoms with Crippen LogP contribution in [0.4, 0.5) is 5.69 Å². The molecule has 1 aliphatic heterocycles. The number of aryl methyl sites for hydroxylation is 2. The van der Waals surface area contributed by atoms with Crippen LogP contribution in [0.2, 0.25) is 0 Å². The molecule has 3 heterocycles. The smallest absolute Gasteiger partial charge is 0.271 e. The number of fused-ring (bicyclic) bond motifs is 1. The third-order valence-corrected chi connectivity index (χ3v) is 7.56. The van der Waals surface area contributed by atoms with Crippen molar-refractivity contribution >= 4 is 38.8 Å². The van der Waals surface area contributed by atoms with E-state index < -0.39 is 10.0 Å². The van der Waals surface area contributed by atoms with Crippen LogP contribution in [0, 0.1) is 6.92 Å². The standard InChI is InChI=1S/C16H15N3O2S3/c1-11-6-7-15(23-11)24(20,21)18-13-5-3-2-4-12(13)14-10-19-8-9-22-16(19)17-14/h2-7,10,18H,8-9H2,1H3. The summed E-state index contributed by atoms with van der Waals surface area (Å²) in [7, 11) is -3.59. The molecule has 0 amide bonds. The first-order chi connectivity index (χ1) is 11.5. The number of sulfonamides is 1. The van der Waals surface area contributed by atoms with E-state index in [-0.39, 0.29) is 0 Å². The summed E-state index contributed by atoms with van der Waals surface area (Å²) in [5, 5.41) is 0.983. The largest absolute Gasteiger partial charge is 0.325 e. The lowest BCUT2D eigenvalue weighted by atomic mass is 10.1. The Morgan fingerprint density at radius 1 is 1.21 bits per heavy atom. The summed E-state index contributed by atoms with van der Waals surface area (Å²) < 4.78 is 30.3. The highest BCUT2D eigenvalue weighted by molar-refractivity contribution is 7.99. The number of anilines is 1. The fourth-order valence-corrected chi connectivity index (χ4v) is 5.89. The number of aromatic nitrogens is 2. The molecule has 0 aliphatic carbocycles. The first-order valence-electron chi connectivity index (χ1n) is 7.41. The highest BCUT2D eigenvalue weighted by atomic mass is 32.2. The lowest BCUT2D eigenvalue weighted by Crippen LogP contribution is -2.12. The van der Waals surface area contributed by atoms with Gasteiger partial charge in [0.05, 0.1) is 11.4 Å². The second kappa shape index (κ2) is 5.94. The minimum atomic E-state index is -3.59. The van der Waals surface area contributed by atoms with Crippen LogP contribution < -0.4 is 4.72 Å². The molecule has 1 N–H and O–H groups in total. The Labute approximate surface area is 148 Å². The Bertz CT molecular complexity index is 984. The van der Waals surface area contributed by atoms with Crippen LogP contribution in [-0.2, 0) is 16.6 Å². The minimum absolute atomic E-state index is 0.317. The van der Waals surface area contributed by atoms with E-state index in [1.165, 1.54) is 11.3 Å². The Kier molecular flexibility index (Phi) is 3.90. The zero-order valence-corrected chi connectivity index (χ0v) is 15.3. The van der Waals surface area contributed by atoms with Gasteiger partial charge in [0, 0.05) is 28.9 Å². The highest BCUT2D eigenvalue weighted by Gasteiger charge is 2.21.